The number of hydrogen-bond acceptors (Lipinski definition) is 3. The summed E-state index contributed by atoms with van der Waals surface area (Å²) in [4.78, 5) is 16.7. The zero-order chi connectivity index (χ0) is 16.1. The van der Waals surface area contributed by atoms with Crippen molar-refractivity contribution in [2.24, 2.45) is 5.92 Å². The number of carbonyl (C=O) groups excluding carboxylic acids is 1. The largest absolute Gasteiger partial charge is 0.396 e. The number of carbonyl (C=O) groups is 1. The number of aliphatic hydroxyl groups is 1. The first-order chi connectivity index (χ1) is 11.3. The van der Waals surface area contributed by atoms with Gasteiger partial charge >= 0.3 is 6.03 Å². The van der Waals surface area contributed by atoms with E-state index < -0.39 is 0 Å². The van der Waals surface area contributed by atoms with Crippen LogP contribution in [0, 0.1) is 5.92 Å². The predicted molar refractivity (Wildman–Crippen MR) is 91.6 cm³/mol. The lowest BCUT2D eigenvalue weighted by molar-refractivity contribution is 0.135. The van der Waals surface area contributed by atoms with E-state index in [1.165, 1.54) is 5.69 Å². The van der Waals surface area contributed by atoms with E-state index in [0.717, 1.165) is 51.9 Å². The lowest BCUT2D eigenvalue weighted by Crippen LogP contribution is -2.53. The molecule has 2 heterocycles. The van der Waals surface area contributed by atoms with Gasteiger partial charge in [-0.25, -0.2) is 4.79 Å². The normalized spacial score (nSPS) is 22.9. The van der Waals surface area contributed by atoms with E-state index >= 15 is 0 Å². The molecule has 2 aliphatic rings. The molecule has 0 aromatic heterocycles. The van der Waals surface area contributed by atoms with Crippen LogP contribution in [0.3, 0.4) is 0 Å². The van der Waals surface area contributed by atoms with E-state index in [0.29, 0.717) is 5.92 Å². The number of likely N-dealkylation sites (tertiary alicyclic amines) is 1. The first kappa shape index (κ1) is 16.1. The van der Waals surface area contributed by atoms with Gasteiger partial charge in [-0.15, -0.1) is 0 Å². The molecule has 2 amide bonds. The maximum absolute atomic E-state index is 12.4. The summed E-state index contributed by atoms with van der Waals surface area (Å²) in [5.74, 6) is 0.363. The molecule has 0 saturated carbocycles. The molecule has 2 aliphatic heterocycles. The average Bonchev–Trinajstić information content (AvgIpc) is 2.63. The first-order valence-corrected chi connectivity index (χ1v) is 8.72. The van der Waals surface area contributed by atoms with E-state index in [2.05, 4.69) is 34.5 Å². The minimum atomic E-state index is 0.0568. The van der Waals surface area contributed by atoms with E-state index in [4.69, 9.17) is 0 Å². The summed E-state index contributed by atoms with van der Waals surface area (Å²) in [6.45, 7) is 3.68. The monoisotopic (exact) mass is 317 g/mol. The number of hydrogen-bond donors (Lipinski definition) is 2. The molecular weight excluding hydrogens is 290 g/mol. The van der Waals surface area contributed by atoms with Gasteiger partial charge < -0.3 is 20.2 Å². The summed E-state index contributed by atoms with van der Waals surface area (Å²) in [7, 11) is 0. The second kappa shape index (κ2) is 7.68. The van der Waals surface area contributed by atoms with Crippen LogP contribution in [0.15, 0.2) is 30.3 Å². The second-order valence-corrected chi connectivity index (χ2v) is 6.68. The molecule has 1 aromatic carbocycles. The SMILES string of the molecule is O=C(NC1CCCN(c2ccccc2)C1)N1CCC(CO)CC1. The minimum absolute atomic E-state index is 0.0568. The second-order valence-electron chi connectivity index (χ2n) is 6.68. The van der Waals surface area contributed by atoms with Crippen molar-refractivity contribution >= 4 is 11.7 Å². The number of amides is 2. The molecule has 3 rings (SSSR count). The number of piperidine rings is 2. The van der Waals surface area contributed by atoms with Crippen molar-refractivity contribution < 1.29 is 9.90 Å². The molecule has 23 heavy (non-hydrogen) atoms. The van der Waals surface area contributed by atoms with Gasteiger partial charge in [-0.05, 0) is 43.7 Å². The van der Waals surface area contributed by atoms with Crippen LogP contribution in [0.2, 0.25) is 0 Å². The lowest BCUT2D eigenvalue weighted by Gasteiger charge is -2.37. The van der Waals surface area contributed by atoms with Crippen LogP contribution in [0.1, 0.15) is 25.7 Å². The molecule has 0 bridgehead atoms. The lowest BCUT2D eigenvalue weighted by atomic mass is 9.98. The van der Waals surface area contributed by atoms with Crippen LogP contribution in [-0.4, -0.2) is 54.9 Å². The number of anilines is 1. The molecule has 5 nitrogen and oxygen atoms in total. The number of nitrogens with zero attached hydrogens (tertiary/aromatic N) is 2. The van der Waals surface area contributed by atoms with Gasteiger partial charge in [0.1, 0.15) is 0 Å². The molecule has 126 valence electrons. The summed E-state index contributed by atoms with van der Waals surface area (Å²) in [5.41, 5.74) is 1.23. The fourth-order valence-corrected chi connectivity index (χ4v) is 3.55. The summed E-state index contributed by atoms with van der Waals surface area (Å²) in [6.07, 6.45) is 3.96. The number of aliphatic hydroxyl groups excluding tert-OH is 1. The van der Waals surface area contributed by atoms with Crippen molar-refractivity contribution in [2.45, 2.75) is 31.7 Å². The molecule has 0 aliphatic carbocycles. The molecule has 5 heteroatoms. The van der Waals surface area contributed by atoms with Gasteiger partial charge in [0.15, 0.2) is 0 Å². The van der Waals surface area contributed by atoms with Gasteiger partial charge in [0, 0.05) is 44.5 Å². The number of para-hydroxylation sites is 1. The Morgan fingerprint density at radius 2 is 1.87 bits per heavy atom. The Hall–Kier alpha value is -1.75. The van der Waals surface area contributed by atoms with Crippen LogP contribution in [0.25, 0.3) is 0 Å². The fourth-order valence-electron chi connectivity index (χ4n) is 3.55. The Labute approximate surface area is 138 Å². The molecule has 0 spiro atoms. The van der Waals surface area contributed by atoms with Crippen LogP contribution in [-0.2, 0) is 0 Å². The van der Waals surface area contributed by atoms with Gasteiger partial charge in [-0.2, -0.15) is 0 Å². The fraction of sp³-hybridized carbons (Fsp3) is 0.611. The summed E-state index contributed by atoms with van der Waals surface area (Å²) >= 11 is 0. The summed E-state index contributed by atoms with van der Waals surface area (Å²) in [6, 6.07) is 10.7. The van der Waals surface area contributed by atoms with Gasteiger partial charge in [0.25, 0.3) is 0 Å². The Morgan fingerprint density at radius 1 is 1.13 bits per heavy atom. The van der Waals surface area contributed by atoms with E-state index in [-0.39, 0.29) is 18.7 Å². The smallest absolute Gasteiger partial charge is 0.317 e. The zero-order valence-electron chi connectivity index (χ0n) is 13.7. The highest BCUT2D eigenvalue weighted by Gasteiger charge is 2.26. The third-order valence-corrected chi connectivity index (χ3v) is 5.03. The molecule has 1 aromatic rings. The highest BCUT2D eigenvalue weighted by Crippen LogP contribution is 2.20. The molecule has 2 N–H and O–H groups in total. The highest BCUT2D eigenvalue weighted by atomic mass is 16.3. The van der Waals surface area contributed by atoms with E-state index in [1.807, 2.05) is 11.0 Å². The van der Waals surface area contributed by atoms with E-state index in [9.17, 15) is 9.90 Å². The van der Waals surface area contributed by atoms with Crippen molar-refractivity contribution in [3.05, 3.63) is 30.3 Å². The molecule has 2 saturated heterocycles. The maximum Gasteiger partial charge on any atom is 0.317 e. The molecule has 1 atom stereocenters. The third-order valence-electron chi connectivity index (χ3n) is 5.03. The Kier molecular flexibility index (Phi) is 5.39. The van der Waals surface area contributed by atoms with Gasteiger partial charge in [-0.1, -0.05) is 18.2 Å². The Bertz CT molecular complexity index is 500. The minimum Gasteiger partial charge on any atom is -0.396 e. The number of benzene rings is 1. The average molecular weight is 317 g/mol. The maximum atomic E-state index is 12.4. The topological polar surface area (TPSA) is 55.8 Å². The number of nitrogens with one attached hydrogen (secondary N) is 1. The van der Waals surface area contributed by atoms with Gasteiger partial charge in [-0.3, -0.25) is 0 Å². The highest BCUT2D eigenvalue weighted by molar-refractivity contribution is 5.74. The van der Waals surface area contributed by atoms with Gasteiger partial charge in [0.2, 0.25) is 0 Å². The first-order valence-electron chi connectivity index (χ1n) is 8.72. The Morgan fingerprint density at radius 3 is 2.57 bits per heavy atom. The molecule has 0 radical (unpaired) electrons. The summed E-state index contributed by atoms with van der Waals surface area (Å²) in [5, 5.41) is 12.4. The van der Waals surface area contributed by atoms with Crippen LogP contribution >= 0.6 is 0 Å². The number of urea groups is 1. The molecule has 1 unspecified atom stereocenters. The van der Waals surface area contributed by atoms with Crippen molar-refractivity contribution in [1.82, 2.24) is 10.2 Å². The predicted octanol–water partition coefficient (Wildman–Crippen LogP) is 2.07. The van der Waals surface area contributed by atoms with Crippen molar-refractivity contribution in [3.8, 4) is 0 Å². The van der Waals surface area contributed by atoms with Crippen molar-refractivity contribution in [1.29, 1.82) is 0 Å². The molecular formula is C18H27N3O2. The Balaban J connectivity index is 1.51. The quantitative estimate of drug-likeness (QED) is 0.897. The van der Waals surface area contributed by atoms with Crippen molar-refractivity contribution in [3.63, 3.8) is 0 Å². The van der Waals surface area contributed by atoms with Crippen LogP contribution in [0.5, 0.6) is 0 Å². The van der Waals surface area contributed by atoms with Crippen LogP contribution in [0.4, 0.5) is 10.5 Å². The third kappa shape index (κ3) is 4.16. The van der Waals surface area contributed by atoms with Crippen molar-refractivity contribution in [2.75, 3.05) is 37.7 Å². The van der Waals surface area contributed by atoms with E-state index in [1.54, 1.807) is 0 Å². The standard InChI is InChI=1S/C18H27N3O2/c22-14-15-8-11-20(12-9-15)18(23)19-16-5-4-10-21(13-16)17-6-2-1-3-7-17/h1-3,6-7,15-16,22H,4-5,8-14H2,(H,19,23). The zero-order valence-corrected chi connectivity index (χ0v) is 13.7. The van der Waals surface area contributed by atoms with Crippen LogP contribution < -0.4 is 10.2 Å². The van der Waals surface area contributed by atoms with Gasteiger partial charge in [0.05, 0.1) is 0 Å². The molecule has 2 fully saturated rings. The summed E-state index contributed by atoms with van der Waals surface area (Å²) < 4.78 is 0. The number of rotatable bonds is 3.